The van der Waals surface area contributed by atoms with Crippen LogP contribution < -0.4 is 5.32 Å². The van der Waals surface area contributed by atoms with Crippen molar-refractivity contribution in [3.63, 3.8) is 0 Å². The normalized spacial score (nSPS) is 17.8. The predicted molar refractivity (Wildman–Crippen MR) is 70.4 cm³/mol. The van der Waals surface area contributed by atoms with Gasteiger partial charge in [-0.15, -0.1) is 0 Å². The smallest absolute Gasteiger partial charge is 0.224 e. The van der Waals surface area contributed by atoms with Crippen LogP contribution in [0.15, 0.2) is 36.9 Å². The molecule has 1 unspecified atom stereocenters. The molecule has 0 aromatic carbocycles. The highest BCUT2D eigenvalue weighted by Crippen LogP contribution is 2.13. The van der Waals surface area contributed by atoms with Crippen LogP contribution in [0, 0.1) is 0 Å². The fourth-order valence-corrected chi connectivity index (χ4v) is 2.44. The summed E-state index contributed by atoms with van der Waals surface area (Å²) in [6.07, 6.45) is 9.40. The summed E-state index contributed by atoms with van der Waals surface area (Å²) in [5.41, 5.74) is 0.942. The Morgan fingerprint density at radius 1 is 1.47 bits per heavy atom. The maximum Gasteiger partial charge on any atom is 0.224 e. The molecule has 98 valence electrons. The van der Waals surface area contributed by atoms with Gasteiger partial charge < -0.3 is 9.88 Å². The van der Waals surface area contributed by atoms with Crippen molar-refractivity contribution in [2.75, 3.05) is 0 Å². The van der Waals surface area contributed by atoms with Crippen LogP contribution in [0.4, 0.5) is 0 Å². The van der Waals surface area contributed by atoms with E-state index in [0.717, 1.165) is 30.8 Å². The molecule has 3 heterocycles. The number of aryl methyl sites for hydroxylation is 1. The Bertz CT molecular complexity index is 564. The van der Waals surface area contributed by atoms with Gasteiger partial charge in [0.15, 0.2) is 0 Å². The first kappa shape index (κ1) is 11.9. The number of hydrogen-bond donors (Lipinski definition) is 1. The minimum atomic E-state index is 0.0537. The van der Waals surface area contributed by atoms with Crippen LogP contribution >= 0.6 is 0 Å². The minimum Gasteiger partial charge on any atom is -0.353 e. The third kappa shape index (κ3) is 2.81. The molecule has 19 heavy (non-hydrogen) atoms. The predicted octanol–water partition coefficient (Wildman–Crippen LogP) is 0.952. The number of nitrogens with zero attached hydrogens (tertiary/aromatic N) is 3. The molecule has 1 amide bonds. The molecule has 0 saturated carbocycles. The van der Waals surface area contributed by atoms with Gasteiger partial charge in [0.2, 0.25) is 5.91 Å². The lowest BCUT2D eigenvalue weighted by atomic mass is 10.1. The van der Waals surface area contributed by atoms with E-state index in [4.69, 9.17) is 0 Å². The van der Waals surface area contributed by atoms with Crippen molar-refractivity contribution in [2.45, 2.75) is 31.8 Å². The van der Waals surface area contributed by atoms with Crippen LogP contribution in [0.25, 0.3) is 0 Å². The lowest BCUT2D eigenvalue weighted by Gasteiger charge is -2.24. The van der Waals surface area contributed by atoms with Crippen molar-refractivity contribution >= 4 is 5.91 Å². The van der Waals surface area contributed by atoms with E-state index in [1.807, 2.05) is 24.5 Å². The zero-order chi connectivity index (χ0) is 13.1. The lowest BCUT2D eigenvalue weighted by Crippen LogP contribution is -2.40. The summed E-state index contributed by atoms with van der Waals surface area (Å²) >= 11 is 0. The highest BCUT2D eigenvalue weighted by Gasteiger charge is 2.20. The second kappa shape index (κ2) is 5.22. The molecule has 2 aromatic rings. The van der Waals surface area contributed by atoms with Crippen LogP contribution in [0.5, 0.6) is 0 Å². The zero-order valence-corrected chi connectivity index (χ0v) is 10.6. The van der Waals surface area contributed by atoms with E-state index in [-0.39, 0.29) is 11.9 Å². The molecular weight excluding hydrogens is 240 g/mol. The number of hydrogen-bond acceptors (Lipinski definition) is 3. The number of imidazole rings is 1. The molecule has 0 fully saturated rings. The monoisotopic (exact) mass is 256 g/mol. The van der Waals surface area contributed by atoms with E-state index in [9.17, 15) is 4.79 Å². The summed E-state index contributed by atoms with van der Waals surface area (Å²) in [5.74, 6) is 1.11. The zero-order valence-electron chi connectivity index (χ0n) is 10.6. The molecule has 2 aromatic heterocycles. The van der Waals surface area contributed by atoms with E-state index in [2.05, 4.69) is 19.9 Å². The van der Waals surface area contributed by atoms with Gasteiger partial charge in [-0.2, -0.15) is 0 Å². The number of nitrogens with one attached hydrogen (secondary N) is 1. The Morgan fingerprint density at radius 3 is 3.26 bits per heavy atom. The van der Waals surface area contributed by atoms with Crippen LogP contribution in [0.1, 0.15) is 17.8 Å². The summed E-state index contributed by atoms with van der Waals surface area (Å²) in [6, 6.07) is 3.96. The van der Waals surface area contributed by atoms with Gasteiger partial charge in [-0.1, -0.05) is 6.07 Å². The number of aromatic nitrogens is 3. The number of rotatable bonds is 3. The number of carbonyl (C=O) groups is 1. The average Bonchev–Trinajstić information content (AvgIpc) is 2.87. The van der Waals surface area contributed by atoms with Gasteiger partial charge >= 0.3 is 0 Å². The fourth-order valence-electron chi connectivity index (χ4n) is 2.44. The van der Waals surface area contributed by atoms with E-state index in [0.29, 0.717) is 6.42 Å². The van der Waals surface area contributed by atoms with Gasteiger partial charge in [-0.3, -0.25) is 9.78 Å². The maximum absolute atomic E-state index is 12.0. The van der Waals surface area contributed by atoms with Crippen molar-refractivity contribution in [1.82, 2.24) is 19.9 Å². The minimum absolute atomic E-state index is 0.0537. The number of fused-ring (bicyclic) bond motifs is 1. The van der Waals surface area contributed by atoms with Gasteiger partial charge in [0.05, 0.1) is 6.42 Å². The molecule has 0 bridgehead atoms. The first-order valence-electron chi connectivity index (χ1n) is 6.49. The van der Waals surface area contributed by atoms with E-state index >= 15 is 0 Å². The van der Waals surface area contributed by atoms with Gasteiger partial charge in [-0.25, -0.2) is 4.98 Å². The Hall–Kier alpha value is -2.17. The first-order valence-corrected chi connectivity index (χ1v) is 6.49. The van der Waals surface area contributed by atoms with Crippen LogP contribution in [-0.2, 0) is 24.2 Å². The summed E-state index contributed by atoms with van der Waals surface area (Å²) < 4.78 is 2.14. The number of amides is 1. The van der Waals surface area contributed by atoms with E-state index in [1.54, 1.807) is 12.4 Å². The molecule has 5 nitrogen and oxygen atoms in total. The van der Waals surface area contributed by atoms with Crippen LogP contribution in [0.3, 0.4) is 0 Å². The first-order chi connectivity index (χ1) is 9.31. The molecule has 1 atom stereocenters. The van der Waals surface area contributed by atoms with Crippen molar-refractivity contribution in [2.24, 2.45) is 0 Å². The molecule has 1 aliphatic heterocycles. The van der Waals surface area contributed by atoms with Crippen molar-refractivity contribution in [3.8, 4) is 0 Å². The molecule has 3 rings (SSSR count). The highest BCUT2D eigenvalue weighted by molar-refractivity contribution is 5.78. The molecule has 0 radical (unpaired) electrons. The Morgan fingerprint density at radius 2 is 2.42 bits per heavy atom. The third-order valence-electron chi connectivity index (χ3n) is 3.40. The molecule has 1 N–H and O–H groups in total. The Labute approximate surface area is 111 Å². The van der Waals surface area contributed by atoms with E-state index < -0.39 is 0 Å². The number of pyridine rings is 1. The molecule has 5 heteroatoms. The second-order valence-corrected chi connectivity index (χ2v) is 4.83. The maximum atomic E-state index is 12.0. The van der Waals surface area contributed by atoms with Crippen molar-refractivity contribution in [1.29, 1.82) is 0 Å². The third-order valence-corrected chi connectivity index (χ3v) is 3.40. The Balaban J connectivity index is 1.56. The van der Waals surface area contributed by atoms with Crippen molar-refractivity contribution < 1.29 is 4.79 Å². The fraction of sp³-hybridized carbons (Fsp3) is 0.357. The summed E-state index contributed by atoms with van der Waals surface area (Å²) in [4.78, 5) is 20.3. The lowest BCUT2D eigenvalue weighted by molar-refractivity contribution is -0.121. The second-order valence-electron chi connectivity index (χ2n) is 4.83. The van der Waals surface area contributed by atoms with Crippen LogP contribution in [-0.4, -0.2) is 26.5 Å². The molecule has 0 aliphatic carbocycles. The van der Waals surface area contributed by atoms with Gasteiger partial charge in [0, 0.05) is 43.8 Å². The van der Waals surface area contributed by atoms with Gasteiger partial charge in [-0.05, 0) is 18.1 Å². The van der Waals surface area contributed by atoms with Gasteiger partial charge in [0.25, 0.3) is 0 Å². The highest BCUT2D eigenvalue weighted by atomic mass is 16.1. The Kier molecular flexibility index (Phi) is 3.27. The topological polar surface area (TPSA) is 59.8 Å². The summed E-state index contributed by atoms with van der Waals surface area (Å²) in [7, 11) is 0. The molecular formula is C14H16N4O. The molecule has 0 saturated heterocycles. The van der Waals surface area contributed by atoms with Crippen molar-refractivity contribution in [3.05, 3.63) is 48.3 Å². The standard InChI is InChI=1S/C14H16N4O/c19-14(8-11-2-1-4-15-10-11)17-12-3-6-18-7-5-16-13(18)9-12/h1-2,4-5,7,10,12H,3,6,8-9H2,(H,17,19). The molecule has 1 aliphatic rings. The average molecular weight is 256 g/mol. The molecule has 0 spiro atoms. The van der Waals surface area contributed by atoms with E-state index in [1.165, 1.54) is 0 Å². The summed E-state index contributed by atoms with van der Waals surface area (Å²) in [5, 5.41) is 3.08. The van der Waals surface area contributed by atoms with Crippen LogP contribution in [0.2, 0.25) is 0 Å². The summed E-state index contributed by atoms with van der Waals surface area (Å²) in [6.45, 7) is 0.924. The largest absolute Gasteiger partial charge is 0.353 e. The quantitative estimate of drug-likeness (QED) is 0.889. The SMILES string of the molecule is O=C(Cc1cccnc1)NC1CCn2ccnc2C1. The van der Waals surface area contributed by atoms with Gasteiger partial charge in [0.1, 0.15) is 5.82 Å². The number of carbonyl (C=O) groups excluding carboxylic acids is 1.